The highest BCUT2D eigenvalue weighted by molar-refractivity contribution is 7.99. The summed E-state index contributed by atoms with van der Waals surface area (Å²) in [4.78, 5) is 5.71. The van der Waals surface area contributed by atoms with Crippen molar-refractivity contribution in [2.75, 3.05) is 6.54 Å². The zero-order chi connectivity index (χ0) is 14.1. The molecule has 0 radical (unpaired) electrons. The molecule has 8 heteroatoms. The van der Waals surface area contributed by atoms with Gasteiger partial charge in [-0.2, -0.15) is 0 Å². The molecule has 0 saturated heterocycles. The van der Waals surface area contributed by atoms with Crippen molar-refractivity contribution in [3.63, 3.8) is 0 Å². The smallest absolute Gasteiger partial charge is 0.197 e. The van der Waals surface area contributed by atoms with E-state index in [2.05, 4.69) is 38.4 Å². The summed E-state index contributed by atoms with van der Waals surface area (Å²) in [5.74, 6) is 0.904. The largest absolute Gasteiger partial charge is 0.311 e. The predicted molar refractivity (Wildman–Crippen MR) is 80.3 cm³/mol. The summed E-state index contributed by atoms with van der Waals surface area (Å²) in [6.45, 7) is 5.78. The van der Waals surface area contributed by atoms with E-state index in [1.165, 1.54) is 5.69 Å². The third-order valence-electron chi connectivity index (χ3n) is 3.11. The molecule has 0 aliphatic rings. The van der Waals surface area contributed by atoms with Gasteiger partial charge >= 0.3 is 0 Å². The molecule has 1 N–H and O–H groups in total. The third-order valence-corrected chi connectivity index (χ3v) is 4.92. The Balaban J connectivity index is 1.97. The first-order valence-electron chi connectivity index (χ1n) is 6.39. The van der Waals surface area contributed by atoms with Crippen LogP contribution >= 0.6 is 23.1 Å². The van der Waals surface area contributed by atoms with Crippen molar-refractivity contribution in [3.05, 3.63) is 23.1 Å². The Morgan fingerprint density at radius 3 is 2.95 bits per heavy atom. The van der Waals surface area contributed by atoms with Crippen LogP contribution in [0.2, 0.25) is 0 Å². The summed E-state index contributed by atoms with van der Waals surface area (Å²) in [6.07, 6.45) is 2.06. The first-order valence-corrected chi connectivity index (χ1v) is 8.09. The molecule has 106 valence electrons. The van der Waals surface area contributed by atoms with E-state index in [9.17, 15) is 0 Å². The minimum absolute atomic E-state index is 0.799. The van der Waals surface area contributed by atoms with Crippen LogP contribution in [0.4, 0.5) is 0 Å². The monoisotopic (exact) mass is 308 g/mol. The van der Waals surface area contributed by atoms with E-state index >= 15 is 0 Å². The fraction of sp³-hybridized carbons (Fsp3) is 0.417. The molecule has 3 heterocycles. The van der Waals surface area contributed by atoms with E-state index in [1.807, 2.05) is 18.5 Å². The van der Waals surface area contributed by atoms with E-state index in [0.717, 1.165) is 34.1 Å². The van der Waals surface area contributed by atoms with Gasteiger partial charge in [-0.05, 0) is 25.2 Å². The molecule has 0 spiro atoms. The number of hydrogen-bond donors (Lipinski definition) is 1. The minimum Gasteiger partial charge on any atom is -0.311 e. The van der Waals surface area contributed by atoms with Crippen LogP contribution in [0.5, 0.6) is 0 Å². The van der Waals surface area contributed by atoms with E-state index in [-0.39, 0.29) is 0 Å². The standard InChI is InChI=1S/C12H16N6S2/c1-4-13-7-9-10(14-11-18(9)5-6-19-11)20-12-16-15-8(2)17(12)3/h5-6,13H,4,7H2,1-3H3. The van der Waals surface area contributed by atoms with Crippen molar-refractivity contribution in [1.29, 1.82) is 0 Å². The quantitative estimate of drug-likeness (QED) is 0.782. The molecule has 0 saturated carbocycles. The van der Waals surface area contributed by atoms with Gasteiger partial charge in [-0.25, -0.2) is 4.98 Å². The first kappa shape index (κ1) is 13.6. The molecule has 0 aliphatic heterocycles. The molecule has 0 amide bonds. The number of aryl methyl sites for hydroxylation is 1. The Morgan fingerprint density at radius 1 is 1.40 bits per heavy atom. The predicted octanol–water partition coefficient (Wildman–Crippen LogP) is 2.09. The minimum atomic E-state index is 0.799. The van der Waals surface area contributed by atoms with E-state index in [4.69, 9.17) is 4.98 Å². The maximum atomic E-state index is 4.69. The normalized spacial score (nSPS) is 11.6. The fourth-order valence-corrected chi connectivity index (χ4v) is 3.60. The lowest BCUT2D eigenvalue weighted by Crippen LogP contribution is -2.13. The number of fused-ring (bicyclic) bond motifs is 1. The van der Waals surface area contributed by atoms with Gasteiger partial charge in [0.1, 0.15) is 10.9 Å². The topological polar surface area (TPSA) is 60.0 Å². The van der Waals surface area contributed by atoms with Crippen LogP contribution in [-0.2, 0) is 13.6 Å². The van der Waals surface area contributed by atoms with Gasteiger partial charge in [0.2, 0.25) is 0 Å². The molecule has 0 atom stereocenters. The second-order valence-electron chi connectivity index (χ2n) is 4.39. The maximum Gasteiger partial charge on any atom is 0.197 e. The number of thiazole rings is 1. The van der Waals surface area contributed by atoms with Crippen molar-refractivity contribution in [3.8, 4) is 0 Å². The molecule has 0 unspecified atom stereocenters. The zero-order valence-corrected chi connectivity index (χ0v) is 13.3. The van der Waals surface area contributed by atoms with Gasteiger partial charge in [0.25, 0.3) is 0 Å². The van der Waals surface area contributed by atoms with Gasteiger partial charge in [-0.3, -0.25) is 4.40 Å². The van der Waals surface area contributed by atoms with Gasteiger partial charge in [-0.1, -0.05) is 6.92 Å². The van der Waals surface area contributed by atoms with Crippen molar-refractivity contribution in [2.45, 2.75) is 30.6 Å². The average molecular weight is 308 g/mol. The van der Waals surface area contributed by atoms with Crippen LogP contribution in [0.3, 0.4) is 0 Å². The molecule has 3 aromatic rings. The number of nitrogens with one attached hydrogen (secondary N) is 1. The number of nitrogens with zero attached hydrogens (tertiary/aromatic N) is 5. The number of rotatable bonds is 5. The van der Waals surface area contributed by atoms with Crippen LogP contribution in [-0.4, -0.2) is 30.7 Å². The SMILES string of the molecule is CCNCc1c(Sc2nnc(C)n2C)nc2sccn12. The molecule has 0 bridgehead atoms. The molecule has 0 aromatic carbocycles. The van der Waals surface area contributed by atoms with E-state index in [1.54, 1.807) is 23.1 Å². The first-order chi connectivity index (χ1) is 9.70. The highest BCUT2D eigenvalue weighted by atomic mass is 32.2. The molecular formula is C12H16N6S2. The van der Waals surface area contributed by atoms with Gasteiger partial charge in [0.15, 0.2) is 10.1 Å². The highest BCUT2D eigenvalue weighted by Gasteiger charge is 2.16. The summed E-state index contributed by atoms with van der Waals surface area (Å²) < 4.78 is 4.12. The summed E-state index contributed by atoms with van der Waals surface area (Å²) in [5, 5.41) is 15.6. The average Bonchev–Trinajstić information content (AvgIpc) is 3.08. The lowest BCUT2D eigenvalue weighted by molar-refractivity contribution is 0.693. The molecule has 3 aromatic heterocycles. The number of hydrogen-bond acceptors (Lipinski definition) is 6. The number of imidazole rings is 1. The molecular weight excluding hydrogens is 292 g/mol. The Kier molecular flexibility index (Phi) is 3.77. The van der Waals surface area contributed by atoms with Gasteiger partial charge < -0.3 is 9.88 Å². The van der Waals surface area contributed by atoms with E-state index in [0.29, 0.717) is 0 Å². The van der Waals surface area contributed by atoms with Crippen molar-refractivity contribution < 1.29 is 0 Å². The van der Waals surface area contributed by atoms with Crippen molar-refractivity contribution in [2.24, 2.45) is 7.05 Å². The van der Waals surface area contributed by atoms with Gasteiger partial charge in [0, 0.05) is 25.2 Å². The lowest BCUT2D eigenvalue weighted by atomic mass is 10.4. The summed E-state index contributed by atoms with van der Waals surface area (Å²) in [7, 11) is 1.97. The second-order valence-corrected chi connectivity index (χ2v) is 6.22. The fourth-order valence-electron chi connectivity index (χ4n) is 1.86. The van der Waals surface area contributed by atoms with Crippen LogP contribution < -0.4 is 5.32 Å². The van der Waals surface area contributed by atoms with Crippen molar-refractivity contribution >= 4 is 28.1 Å². The molecule has 6 nitrogen and oxygen atoms in total. The van der Waals surface area contributed by atoms with Gasteiger partial charge in [0.05, 0.1) is 5.69 Å². The van der Waals surface area contributed by atoms with Gasteiger partial charge in [-0.15, -0.1) is 21.5 Å². The third kappa shape index (κ3) is 2.34. The van der Waals surface area contributed by atoms with Crippen LogP contribution in [0.25, 0.3) is 4.96 Å². The highest BCUT2D eigenvalue weighted by Crippen LogP contribution is 2.30. The Hall–Kier alpha value is -1.38. The Labute approximate surface area is 125 Å². The summed E-state index contributed by atoms with van der Waals surface area (Å²) in [5.41, 5.74) is 1.17. The molecule has 3 rings (SSSR count). The van der Waals surface area contributed by atoms with Crippen LogP contribution in [0, 0.1) is 6.92 Å². The molecule has 0 fully saturated rings. The Bertz CT molecular complexity index is 726. The second kappa shape index (κ2) is 5.55. The molecule has 0 aliphatic carbocycles. The van der Waals surface area contributed by atoms with E-state index < -0.39 is 0 Å². The Morgan fingerprint density at radius 2 is 2.25 bits per heavy atom. The van der Waals surface area contributed by atoms with Crippen molar-refractivity contribution in [1.82, 2.24) is 29.5 Å². The van der Waals surface area contributed by atoms with Crippen LogP contribution in [0.15, 0.2) is 21.8 Å². The summed E-state index contributed by atoms with van der Waals surface area (Å²) >= 11 is 3.21. The maximum absolute atomic E-state index is 4.69. The zero-order valence-electron chi connectivity index (χ0n) is 11.6. The van der Waals surface area contributed by atoms with Crippen LogP contribution in [0.1, 0.15) is 18.4 Å². The summed E-state index contributed by atoms with van der Waals surface area (Å²) in [6, 6.07) is 0. The molecule has 20 heavy (non-hydrogen) atoms. The number of aromatic nitrogens is 5. The lowest BCUT2D eigenvalue weighted by Gasteiger charge is -2.04.